The summed E-state index contributed by atoms with van der Waals surface area (Å²) in [6.07, 6.45) is 17.8. The molecule has 3 aromatic heterocycles. The first-order valence-electron chi connectivity index (χ1n) is 25.9. The lowest BCUT2D eigenvalue weighted by molar-refractivity contribution is -0.150. The molecule has 2 saturated carbocycles. The van der Waals surface area contributed by atoms with E-state index in [1.165, 1.54) is 10.5 Å². The van der Waals surface area contributed by atoms with Crippen LogP contribution in [0, 0.1) is 16.7 Å². The smallest absolute Gasteiger partial charge is 0.246 e. The van der Waals surface area contributed by atoms with Crippen molar-refractivity contribution in [2.45, 2.75) is 127 Å². The second-order valence-corrected chi connectivity index (χ2v) is 22.6. The maximum absolute atomic E-state index is 14.3. The Balaban J connectivity index is 0.671. The molecule has 73 heavy (non-hydrogen) atoms. The lowest BCUT2D eigenvalue weighted by Gasteiger charge is -2.60. The number of anilines is 1. The first-order chi connectivity index (χ1) is 34.9. The maximum Gasteiger partial charge on any atom is 0.246 e. The number of β-amino-alcohol motifs (C(OH)–C–C–N with tert-alkyl or cyclic N) is 1. The first kappa shape index (κ1) is 49.8. The van der Waals surface area contributed by atoms with Crippen LogP contribution < -0.4 is 32.7 Å². The molecule has 10 N–H and O–H groups in total. The van der Waals surface area contributed by atoms with Gasteiger partial charge in [-0.25, -0.2) is 9.97 Å². The molecular formula is C53H71N15O5. The summed E-state index contributed by atoms with van der Waals surface area (Å²) in [5, 5.41) is 31.2. The van der Waals surface area contributed by atoms with Crippen molar-refractivity contribution in [1.82, 2.24) is 55.0 Å². The van der Waals surface area contributed by atoms with E-state index in [9.17, 15) is 24.6 Å². The number of hydrogen-bond acceptors (Lipinski definition) is 16. The van der Waals surface area contributed by atoms with Gasteiger partial charge in [-0.1, -0.05) is 32.9 Å². The number of fused-ring (bicyclic) bond motifs is 2. The number of aliphatic hydroxyl groups excluding tert-OH is 1. The van der Waals surface area contributed by atoms with Gasteiger partial charge in [0.05, 0.1) is 42.1 Å². The van der Waals surface area contributed by atoms with Crippen LogP contribution in [0.3, 0.4) is 0 Å². The Labute approximate surface area is 426 Å². The minimum Gasteiger partial charge on any atom is -0.507 e. The predicted molar refractivity (Wildman–Crippen MR) is 274 cm³/mol. The number of likely N-dealkylation sites (tertiary alicyclic amines) is 3. The van der Waals surface area contributed by atoms with Crippen molar-refractivity contribution < 1.29 is 24.6 Å². The third-order valence-electron chi connectivity index (χ3n) is 16.6. The summed E-state index contributed by atoms with van der Waals surface area (Å²) in [6.45, 7) is 9.28. The number of hydrogen-bond donors (Lipinski definition) is 7. The topological polar surface area (TPSA) is 276 Å². The summed E-state index contributed by atoms with van der Waals surface area (Å²) in [4.78, 5) is 69.1. The average Bonchev–Trinajstić information content (AvgIpc) is 4.04. The van der Waals surface area contributed by atoms with Crippen LogP contribution in [-0.2, 0) is 28.0 Å². The van der Waals surface area contributed by atoms with Gasteiger partial charge in [-0.05, 0) is 111 Å². The molecule has 4 saturated heterocycles. The molecule has 7 heterocycles. The van der Waals surface area contributed by atoms with E-state index in [1.54, 1.807) is 47.5 Å². The minimum absolute atomic E-state index is 0.00951. The molecule has 6 fully saturated rings. The zero-order valence-electron chi connectivity index (χ0n) is 42.4. The summed E-state index contributed by atoms with van der Waals surface area (Å²) in [6, 6.07) is 7.93. The number of aryl methyl sites for hydroxylation is 1. The van der Waals surface area contributed by atoms with Crippen LogP contribution in [0.1, 0.15) is 101 Å². The zero-order valence-corrected chi connectivity index (χ0v) is 42.4. The first-order valence-corrected chi connectivity index (χ1v) is 25.9. The van der Waals surface area contributed by atoms with Crippen LogP contribution in [0.2, 0.25) is 0 Å². The molecule has 3 amide bonds. The molecule has 1 aromatic carbocycles. The van der Waals surface area contributed by atoms with Gasteiger partial charge in [0.15, 0.2) is 0 Å². The van der Waals surface area contributed by atoms with Crippen LogP contribution in [0.4, 0.5) is 5.95 Å². The minimum atomic E-state index is -0.887. The van der Waals surface area contributed by atoms with Gasteiger partial charge in [-0.15, -0.1) is 0 Å². The van der Waals surface area contributed by atoms with E-state index < -0.39 is 29.5 Å². The van der Waals surface area contributed by atoms with Crippen LogP contribution >= 0.6 is 0 Å². The number of piperazine rings is 1. The third kappa shape index (κ3) is 10.1. The van der Waals surface area contributed by atoms with E-state index in [-0.39, 0.29) is 66.3 Å². The number of aromatic nitrogens is 6. The van der Waals surface area contributed by atoms with Gasteiger partial charge in [0.1, 0.15) is 29.3 Å². The molecule has 2 bridgehead atoms. The number of benzene rings is 1. The van der Waals surface area contributed by atoms with E-state index >= 15 is 0 Å². The lowest BCUT2D eigenvalue weighted by Crippen LogP contribution is -2.62. The van der Waals surface area contributed by atoms with Crippen LogP contribution in [0.5, 0.6) is 5.75 Å². The molecule has 1 spiro atoms. The number of carbonyl (C=O) groups excluding carboxylic acids is 3. The summed E-state index contributed by atoms with van der Waals surface area (Å²) in [7, 11) is 1.82. The van der Waals surface area contributed by atoms with E-state index in [0.717, 1.165) is 76.1 Å². The Kier molecular flexibility index (Phi) is 13.6. The van der Waals surface area contributed by atoms with Crippen molar-refractivity contribution >= 4 is 29.4 Å². The molecule has 4 aromatic rings. The molecule has 2 aliphatic carbocycles. The Morgan fingerprint density at radius 3 is 2.18 bits per heavy atom. The molecule has 388 valence electrons. The summed E-state index contributed by atoms with van der Waals surface area (Å²) >= 11 is 0. The van der Waals surface area contributed by atoms with E-state index in [0.29, 0.717) is 53.4 Å². The van der Waals surface area contributed by atoms with Crippen LogP contribution in [-0.4, -0.2) is 141 Å². The number of piperidine rings is 1. The Bertz CT molecular complexity index is 2710. The van der Waals surface area contributed by atoms with Crippen LogP contribution in [0.25, 0.3) is 17.1 Å². The molecule has 0 radical (unpaired) electrons. The van der Waals surface area contributed by atoms with Gasteiger partial charge >= 0.3 is 0 Å². The molecule has 20 heteroatoms. The lowest BCUT2D eigenvalue weighted by atomic mass is 9.49. The van der Waals surface area contributed by atoms with Gasteiger partial charge in [0.25, 0.3) is 0 Å². The number of carbonyl (C=O) groups is 3. The fourth-order valence-corrected chi connectivity index (χ4v) is 12.6. The number of rotatable bonds is 13. The van der Waals surface area contributed by atoms with Gasteiger partial charge in [0, 0.05) is 87.0 Å². The van der Waals surface area contributed by atoms with Crippen molar-refractivity contribution in [2.24, 2.45) is 41.0 Å². The second-order valence-electron chi connectivity index (χ2n) is 22.6. The van der Waals surface area contributed by atoms with Gasteiger partial charge in [0.2, 0.25) is 23.7 Å². The van der Waals surface area contributed by atoms with Crippen molar-refractivity contribution in [2.75, 3.05) is 37.6 Å². The largest absolute Gasteiger partial charge is 0.507 e. The molecule has 20 nitrogen and oxygen atoms in total. The second kappa shape index (κ2) is 19.9. The number of phenolic OH excluding ortho intramolecular Hbond substituents is 1. The normalized spacial score (nSPS) is 26.8. The Morgan fingerprint density at radius 1 is 0.863 bits per heavy atom. The summed E-state index contributed by atoms with van der Waals surface area (Å²) in [5.74, 6) is 0.380. The number of para-hydroxylation sites is 1. The molecular weight excluding hydrogens is 927 g/mol. The monoisotopic (exact) mass is 998 g/mol. The number of nitrogens with zero attached hydrogens (tertiary/aromatic N) is 10. The number of phenols is 1. The van der Waals surface area contributed by atoms with Gasteiger partial charge in [-0.3, -0.25) is 29.0 Å². The highest BCUT2D eigenvalue weighted by atomic mass is 16.3. The number of amides is 3. The van der Waals surface area contributed by atoms with Crippen molar-refractivity contribution in [3.05, 3.63) is 95.7 Å². The van der Waals surface area contributed by atoms with E-state index in [2.05, 4.69) is 40.4 Å². The Hall–Kier alpha value is -6.80. The summed E-state index contributed by atoms with van der Waals surface area (Å²) in [5.41, 5.74) is 23.1. The highest BCUT2D eigenvalue weighted by Gasteiger charge is 2.57. The SMILES string of the molecule is Cn1nccc1-c1cnc(CNC(=O)[C@@H]2C[C@@H](O)CN2C(=O)[C@@H](NC(=O)C2CC3(C2)CC(N2CCC(c4cnc(N5C6CCC5CN(C(/C=C(\N)c5ccccc5O)=C(N)N)C6)nc4)CC2)C3)C(C)(C)C)cn1. The summed E-state index contributed by atoms with van der Waals surface area (Å²) < 4.78 is 1.70. The van der Waals surface area contributed by atoms with Crippen molar-refractivity contribution in [1.29, 1.82) is 0 Å². The quantitative estimate of drug-likeness (QED) is 0.0949. The van der Waals surface area contributed by atoms with Gasteiger partial charge in [-0.2, -0.15) is 5.10 Å². The number of aromatic hydroxyl groups is 1. The third-order valence-corrected chi connectivity index (χ3v) is 16.6. The van der Waals surface area contributed by atoms with E-state index in [1.807, 2.05) is 52.3 Å². The Morgan fingerprint density at radius 2 is 1.56 bits per heavy atom. The molecule has 5 atom stereocenters. The van der Waals surface area contributed by atoms with Gasteiger partial charge < -0.3 is 57.6 Å². The maximum atomic E-state index is 14.3. The highest BCUT2D eigenvalue weighted by molar-refractivity contribution is 5.93. The van der Waals surface area contributed by atoms with Crippen molar-refractivity contribution in [3.63, 3.8) is 0 Å². The molecule has 2 unspecified atom stereocenters. The highest BCUT2D eigenvalue weighted by Crippen LogP contribution is 2.60. The fourth-order valence-electron chi connectivity index (χ4n) is 12.6. The molecule has 4 aliphatic heterocycles. The molecule has 6 aliphatic rings. The number of nitrogens with one attached hydrogen (secondary N) is 2. The van der Waals surface area contributed by atoms with E-state index in [4.69, 9.17) is 27.2 Å². The zero-order chi connectivity index (χ0) is 51.3. The van der Waals surface area contributed by atoms with Crippen LogP contribution in [0.15, 0.2) is 78.9 Å². The number of nitrogens with two attached hydrogens (primary N) is 3. The number of aliphatic hydroxyl groups is 1. The predicted octanol–water partition coefficient (Wildman–Crippen LogP) is 2.66. The number of allylic oxidation sites excluding steroid dienone is 1. The standard InChI is InChI=1S/C53H71N15O5/c1-52(2,3)46(50(73)67-30-38(69)17-44(67)49(72)59-26-34-25-58-41(27-57-34)42-11-14-62-64(42)4)63-48(71)32-19-53(20-32)21-37(22-53)65-15-12-31(13-16-65)33-23-60-51(61-24-33)68-35-9-10-36(68)29-66(28-35)43(47(55)56)18-40(54)39-7-5-6-8-45(39)70/h5-8,11,14,18,23-25,27,31-32,35-38,44,46,69-70H,9-10,12-13,15-17,19-22,26,28-30,54-56H2,1-4H3,(H,59,72)(H,63,71)/b40-18-/t32?,35?,36?,37?,38-,44+,46-,53?/m1/s1. The molecule has 10 rings (SSSR count). The van der Waals surface area contributed by atoms with Crippen molar-refractivity contribution in [3.8, 4) is 17.1 Å². The fraction of sp³-hybridized carbons (Fsp3) is 0.547. The average molecular weight is 998 g/mol.